The summed E-state index contributed by atoms with van der Waals surface area (Å²) in [6.07, 6.45) is 12.6. The first kappa shape index (κ1) is 27.4. The molecule has 40 heavy (non-hydrogen) atoms. The zero-order chi connectivity index (χ0) is 27.9. The first-order valence-electron chi connectivity index (χ1n) is 13.0. The van der Waals surface area contributed by atoms with Crippen LogP contribution in [-0.4, -0.2) is 78.4 Å². The molecule has 2 aromatic carbocycles. The summed E-state index contributed by atoms with van der Waals surface area (Å²) >= 11 is 6.54. The molecule has 10 nitrogen and oxygen atoms in total. The van der Waals surface area contributed by atoms with Crippen molar-refractivity contribution in [1.29, 1.82) is 0 Å². The summed E-state index contributed by atoms with van der Waals surface area (Å²) in [7, 11) is 1.88. The summed E-state index contributed by atoms with van der Waals surface area (Å²) in [6.45, 7) is 2.36. The second-order valence-electron chi connectivity index (χ2n) is 9.36. The van der Waals surface area contributed by atoms with E-state index in [0.29, 0.717) is 77.5 Å². The van der Waals surface area contributed by atoms with Crippen molar-refractivity contribution in [3.63, 3.8) is 0 Å². The second-order valence-corrected chi connectivity index (χ2v) is 9.76. The lowest BCUT2D eigenvalue weighted by Crippen LogP contribution is -2.37. The van der Waals surface area contributed by atoms with Crippen LogP contribution in [-0.2, 0) is 4.79 Å². The quantitative estimate of drug-likeness (QED) is 0.319. The van der Waals surface area contributed by atoms with Gasteiger partial charge in [-0.05, 0) is 49.7 Å². The van der Waals surface area contributed by atoms with Gasteiger partial charge in [0, 0.05) is 24.9 Å². The summed E-state index contributed by atoms with van der Waals surface area (Å²) in [5.41, 5.74) is 2.05. The molecule has 1 aromatic heterocycles. The Labute approximate surface area is 237 Å². The molecule has 3 aromatic rings. The second kappa shape index (κ2) is 12.8. The van der Waals surface area contributed by atoms with Crippen molar-refractivity contribution in [3.8, 4) is 11.5 Å². The topological polar surface area (TPSA) is 112 Å². The van der Waals surface area contributed by atoms with Crippen LogP contribution in [0.2, 0.25) is 5.02 Å². The molecule has 0 saturated heterocycles. The number of dihydropyridines is 1. The van der Waals surface area contributed by atoms with E-state index in [4.69, 9.17) is 26.2 Å². The van der Waals surface area contributed by atoms with E-state index in [-0.39, 0.29) is 18.6 Å². The fourth-order valence-electron chi connectivity index (χ4n) is 4.44. The smallest absolute Gasteiger partial charge is 0.250 e. The number of benzene rings is 2. The first-order valence-corrected chi connectivity index (χ1v) is 13.4. The largest absolute Gasteiger partial charge is 0.490 e. The number of aromatic nitrogens is 2. The Morgan fingerprint density at radius 2 is 2.23 bits per heavy atom. The molecule has 0 bridgehead atoms. The van der Waals surface area contributed by atoms with Crippen LogP contribution in [0.5, 0.6) is 11.5 Å². The van der Waals surface area contributed by atoms with E-state index in [1.54, 1.807) is 23.1 Å². The molecule has 2 aliphatic heterocycles. The fraction of sp³-hybridized carbons (Fsp3) is 0.276. The van der Waals surface area contributed by atoms with Crippen LogP contribution in [0.3, 0.4) is 0 Å². The average molecular weight is 563 g/mol. The van der Waals surface area contributed by atoms with Crippen molar-refractivity contribution in [1.82, 2.24) is 20.2 Å². The predicted octanol–water partition coefficient (Wildman–Crippen LogP) is 3.65. The van der Waals surface area contributed by atoms with Crippen LogP contribution in [0.25, 0.3) is 10.9 Å². The van der Waals surface area contributed by atoms with E-state index < -0.39 is 0 Å². The normalized spacial score (nSPS) is 16.2. The monoisotopic (exact) mass is 562 g/mol. The molecule has 1 amide bonds. The van der Waals surface area contributed by atoms with E-state index in [0.717, 1.165) is 0 Å². The molecule has 0 aliphatic carbocycles. The minimum atomic E-state index is -0.148. The van der Waals surface area contributed by atoms with Crippen molar-refractivity contribution in [2.24, 2.45) is 0 Å². The average Bonchev–Trinajstić information content (AvgIpc) is 2.97. The van der Waals surface area contributed by atoms with Crippen molar-refractivity contribution in [2.75, 3.05) is 56.7 Å². The number of aliphatic hydroxyl groups is 1. The summed E-state index contributed by atoms with van der Waals surface area (Å²) < 4.78 is 12.0. The molecule has 0 spiro atoms. The van der Waals surface area contributed by atoms with Gasteiger partial charge in [0.05, 0.1) is 40.8 Å². The molecule has 3 N–H and O–H groups in total. The minimum absolute atomic E-state index is 0.0682. The lowest BCUT2D eigenvalue weighted by molar-refractivity contribution is -0.114. The van der Waals surface area contributed by atoms with Crippen LogP contribution < -0.4 is 25.0 Å². The van der Waals surface area contributed by atoms with E-state index in [9.17, 15) is 4.79 Å². The molecule has 5 rings (SSSR count). The van der Waals surface area contributed by atoms with E-state index in [1.165, 1.54) is 6.33 Å². The Morgan fingerprint density at radius 3 is 3.02 bits per heavy atom. The Kier molecular flexibility index (Phi) is 8.80. The number of carbonyl (C=O) groups excluding carboxylic acids is 1. The number of aliphatic hydroxyl groups excluding tert-OH is 1. The third kappa shape index (κ3) is 6.36. The van der Waals surface area contributed by atoms with Crippen LogP contribution in [0.1, 0.15) is 0 Å². The van der Waals surface area contributed by atoms with Gasteiger partial charge < -0.3 is 35.0 Å². The highest BCUT2D eigenvalue weighted by Gasteiger charge is 2.26. The summed E-state index contributed by atoms with van der Waals surface area (Å²) in [4.78, 5) is 25.6. The van der Waals surface area contributed by atoms with Gasteiger partial charge in [-0.25, -0.2) is 9.97 Å². The van der Waals surface area contributed by atoms with Crippen molar-refractivity contribution in [2.45, 2.75) is 6.04 Å². The Balaban J connectivity index is 1.35. The number of nitrogens with one attached hydrogen (secondary N) is 2. The zero-order valence-electron chi connectivity index (χ0n) is 22.1. The maximum absolute atomic E-state index is 13.1. The summed E-state index contributed by atoms with van der Waals surface area (Å²) in [5, 5.41) is 16.7. The van der Waals surface area contributed by atoms with Gasteiger partial charge in [0.15, 0.2) is 5.75 Å². The fourth-order valence-corrected chi connectivity index (χ4v) is 4.68. The molecule has 0 fully saturated rings. The van der Waals surface area contributed by atoms with Crippen molar-refractivity contribution in [3.05, 3.63) is 78.3 Å². The van der Waals surface area contributed by atoms with Gasteiger partial charge in [-0.15, -0.1) is 0 Å². The number of likely N-dealkylation sites (N-methyl/N-ethyl adjacent to an activating group) is 1. The maximum atomic E-state index is 13.1. The van der Waals surface area contributed by atoms with Crippen LogP contribution >= 0.6 is 11.6 Å². The van der Waals surface area contributed by atoms with Gasteiger partial charge in [-0.2, -0.15) is 0 Å². The number of ether oxygens (including phenoxy) is 2. The lowest BCUT2D eigenvalue weighted by atomic mass is 10.1. The lowest BCUT2D eigenvalue weighted by Gasteiger charge is -2.30. The number of hydrogen-bond acceptors (Lipinski definition) is 9. The third-order valence-electron chi connectivity index (χ3n) is 6.49. The maximum Gasteiger partial charge on any atom is 0.250 e. The molecular weight excluding hydrogens is 532 g/mol. The molecule has 0 saturated carbocycles. The number of rotatable bonds is 10. The van der Waals surface area contributed by atoms with Crippen LogP contribution in [0.15, 0.2) is 73.2 Å². The van der Waals surface area contributed by atoms with E-state index in [1.807, 2.05) is 60.6 Å². The van der Waals surface area contributed by atoms with Gasteiger partial charge in [0.25, 0.3) is 5.91 Å². The minimum Gasteiger partial charge on any atom is -0.490 e. The zero-order valence-corrected chi connectivity index (χ0v) is 22.8. The number of fused-ring (bicyclic) bond motifs is 3. The van der Waals surface area contributed by atoms with Crippen molar-refractivity contribution >= 4 is 45.6 Å². The molecule has 11 heteroatoms. The Morgan fingerprint density at radius 1 is 1.32 bits per heavy atom. The van der Waals surface area contributed by atoms with Crippen molar-refractivity contribution < 1.29 is 19.4 Å². The number of nitrogens with zero attached hydrogens (tertiary/aromatic N) is 4. The number of anilines is 3. The molecular formula is C29H31ClN6O4. The summed E-state index contributed by atoms with van der Waals surface area (Å²) in [5.74, 6) is 1.50. The highest BCUT2D eigenvalue weighted by molar-refractivity contribution is 6.32. The number of halogens is 1. The first-order chi connectivity index (χ1) is 19.5. The standard InChI is InChI=1S/C29H31ClN6O4/c1-35(13-15-37)12-4-6-26(38)36-14-16-39-28-24(36)9-8-23-27(28)29(33-19-32-23)34-20-7-10-25(22(30)17-20)40-18-21-5-2-3-11-31-21/h2-11,17,19,21,31,37H,12-16,18H2,1H3,(H,32,33,34)/b6-4+. The number of carbonyl (C=O) groups is 1. The Bertz CT molecular complexity index is 1460. The van der Waals surface area contributed by atoms with Gasteiger partial charge in [-0.3, -0.25) is 4.79 Å². The van der Waals surface area contributed by atoms with Crippen LogP contribution in [0.4, 0.5) is 17.2 Å². The highest BCUT2D eigenvalue weighted by Crippen LogP contribution is 2.41. The van der Waals surface area contributed by atoms with Crippen LogP contribution in [0, 0.1) is 0 Å². The van der Waals surface area contributed by atoms with Gasteiger partial charge in [0.2, 0.25) is 0 Å². The van der Waals surface area contributed by atoms with E-state index in [2.05, 4.69) is 20.6 Å². The molecule has 3 heterocycles. The molecule has 1 atom stereocenters. The SMILES string of the molecule is CN(C/C=C/C(=O)N1CCOc2c1ccc1ncnc(Nc3ccc(OCC4C=CC=CN4)c(Cl)c3)c21)CCO. The molecule has 0 radical (unpaired) electrons. The predicted molar refractivity (Wildman–Crippen MR) is 157 cm³/mol. The molecule has 1 unspecified atom stereocenters. The number of hydrogen-bond donors (Lipinski definition) is 3. The van der Waals surface area contributed by atoms with Gasteiger partial charge in [0.1, 0.15) is 31.1 Å². The third-order valence-corrected chi connectivity index (χ3v) is 6.78. The number of amides is 1. The van der Waals surface area contributed by atoms with Gasteiger partial charge >= 0.3 is 0 Å². The summed E-state index contributed by atoms with van der Waals surface area (Å²) in [6, 6.07) is 9.22. The molecule has 208 valence electrons. The van der Waals surface area contributed by atoms with Gasteiger partial charge in [-0.1, -0.05) is 29.8 Å². The number of allylic oxidation sites excluding steroid dienone is 2. The highest BCUT2D eigenvalue weighted by atomic mass is 35.5. The Hall–Kier alpha value is -4.12. The molecule has 2 aliphatic rings. The van der Waals surface area contributed by atoms with E-state index >= 15 is 0 Å².